The molecule has 3 heterocycles. The van der Waals surface area contributed by atoms with E-state index in [2.05, 4.69) is 20.4 Å². The molecule has 10 nitrogen and oxygen atoms in total. The second-order valence-corrected chi connectivity index (χ2v) is 5.32. The van der Waals surface area contributed by atoms with Crippen molar-refractivity contribution in [1.82, 2.24) is 19.7 Å². The summed E-state index contributed by atoms with van der Waals surface area (Å²) in [6.45, 7) is 3.22. The first-order chi connectivity index (χ1) is 12.5. The van der Waals surface area contributed by atoms with Crippen molar-refractivity contribution in [2.75, 3.05) is 11.9 Å². The molecular formula is C16H15N5O5. The van der Waals surface area contributed by atoms with Crippen molar-refractivity contribution in [3.63, 3.8) is 0 Å². The smallest absolute Gasteiger partial charge is 0.361 e. The minimum atomic E-state index is -0.795. The van der Waals surface area contributed by atoms with Crippen molar-refractivity contribution in [1.29, 1.82) is 0 Å². The molecule has 0 bridgehead atoms. The number of esters is 1. The number of nitrogens with zero attached hydrogens (tertiary/aromatic N) is 4. The quantitative estimate of drug-likeness (QED) is 0.667. The molecule has 134 valence electrons. The van der Waals surface area contributed by atoms with Gasteiger partial charge in [0.25, 0.3) is 11.3 Å². The lowest BCUT2D eigenvalue weighted by molar-refractivity contribution is -0.116. The van der Waals surface area contributed by atoms with Crippen LogP contribution in [0.2, 0.25) is 0 Å². The van der Waals surface area contributed by atoms with Crippen LogP contribution < -0.4 is 10.9 Å². The number of aromatic nitrogens is 4. The number of carbonyl (C=O) groups is 2. The summed E-state index contributed by atoms with van der Waals surface area (Å²) in [5.41, 5.74) is -0.261. The molecule has 3 rings (SSSR count). The number of aryl methyl sites for hydroxylation is 1. The van der Waals surface area contributed by atoms with Crippen molar-refractivity contribution >= 4 is 28.8 Å². The lowest BCUT2D eigenvalue weighted by Crippen LogP contribution is -2.28. The number of pyridine rings is 1. The van der Waals surface area contributed by atoms with Gasteiger partial charge in [0, 0.05) is 5.69 Å². The molecule has 0 aromatic carbocycles. The fraction of sp³-hybridized carbons (Fsp3) is 0.250. The lowest BCUT2D eigenvalue weighted by Gasteiger charge is -2.07. The van der Waals surface area contributed by atoms with Gasteiger partial charge in [-0.3, -0.25) is 14.2 Å². The van der Waals surface area contributed by atoms with Crippen LogP contribution >= 0.6 is 0 Å². The number of nitrogens with one attached hydrogen (secondary N) is 1. The number of rotatable bonds is 5. The third-order valence-corrected chi connectivity index (χ3v) is 3.40. The average Bonchev–Trinajstić information content (AvgIpc) is 3.02. The Bertz CT molecular complexity index is 1040. The van der Waals surface area contributed by atoms with Crippen LogP contribution in [0.1, 0.15) is 23.1 Å². The number of hydrogen-bond donors (Lipinski definition) is 1. The Hall–Kier alpha value is -3.56. The first kappa shape index (κ1) is 17.3. The lowest BCUT2D eigenvalue weighted by atomic mass is 10.3. The Labute approximate surface area is 146 Å². The Morgan fingerprint density at radius 2 is 2.15 bits per heavy atom. The zero-order valence-electron chi connectivity index (χ0n) is 14.1. The average molecular weight is 357 g/mol. The molecule has 3 aromatic rings. The molecule has 1 amide bonds. The van der Waals surface area contributed by atoms with Crippen LogP contribution in [0.25, 0.3) is 11.1 Å². The van der Waals surface area contributed by atoms with E-state index in [0.717, 1.165) is 16.6 Å². The molecular weight excluding hydrogens is 342 g/mol. The van der Waals surface area contributed by atoms with E-state index in [1.54, 1.807) is 32.0 Å². The third kappa shape index (κ3) is 3.43. The maximum atomic E-state index is 12.6. The van der Waals surface area contributed by atoms with Gasteiger partial charge in [-0.25, -0.2) is 14.8 Å². The van der Waals surface area contributed by atoms with Gasteiger partial charge in [0.2, 0.25) is 11.6 Å². The van der Waals surface area contributed by atoms with Crippen molar-refractivity contribution in [2.45, 2.75) is 20.4 Å². The molecule has 0 fully saturated rings. The van der Waals surface area contributed by atoms with Gasteiger partial charge in [0.15, 0.2) is 0 Å². The molecule has 0 aliphatic carbocycles. The molecule has 0 saturated heterocycles. The Kier molecular flexibility index (Phi) is 4.74. The minimum Gasteiger partial charge on any atom is -0.461 e. The molecule has 0 aliphatic rings. The van der Waals surface area contributed by atoms with E-state index in [1.165, 1.54) is 0 Å². The highest BCUT2D eigenvalue weighted by Crippen LogP contribution is 2.13. The summed E-state index contributed by atoms with van der Waals surface area (Å²) in [5.74, 6) is -0.897. The topological polar surface area (TPSA) is 129 Å². The van der Waals surface area contributed by atoms with Crippen LogP contribution in [0.15, 0.2) is 33.8 Å². The van der Waals surface area contributed by atoms with Gasteiger partial charge in [0.05, 0.1) is 6.61 Å². The standard InChI is InChI=1S/C16H15N5O5/c1-3-25-16(24)13-12-14(26-20-13)17-8-21(15(12)23)7-11(22)19-10-6-4-5-9(2)18-10/h4-6,8H,3,7H2,1-2H3,(H,18,19,22). The van der Waals surface area contributed by atoms with E-state index < -0.39 is 17.4 Å². The van der Waals surface area contributed by atoms with Gasteiger partial charge in [-0.1, -0.05) is 11.2 Å². The number of fused-ring (bicyclic) bond motifs is 1. The van der Waals surface area contributed by atoms with Crippen LogP contribution in [-0.2, 0) is 16.1 Å². The molecule has 0 radical (unpaired) electrons. The highest BCUT2D eigenvalue weighted by atomic mass is 16.5. The van der Waals surface area contributed by atoms with E-state index in [9.17, 15) is 14.4 Å². The highest BCUT2D eigenvalue weighted by molar-refractivity contribution is 5.99. The van der Waals surface area contributed by atoms with Crippen molar-refractivity contribution in [2.24, 2.45) is 0 Å². The molecule has 1 N–H and O–H groups in total. The Morgan fingerprint density at radius 3 is 2.88 bits per heavy atom. The van der Waals surface area contributed by atoms with Crippen LogP contribution in [0.3, 0.4) is 0 Å². The second kappa shape index (κ2) is 7.13. The molecule has 26 heavy (non-hydrogen) atoms. The summed E-state index contributed by atoms with van der Waals surface area (Å²) in [4.78, 5) is 44.7. The van der Waals surface area contributed by atoms with Crippen LogP contribution in [-0.4, -0.2) is 38.2 Å². The summed E-state index contributed by atoms with van der Waals surface area (Å²) in [7, 11) is 0. The number of anilines is 1. The fourth-order valence-corrected chi connectivity index (χ4v) is 2.28. The molecule has 0 saturated carbocycles. The van der Waals surface area contributed by atoms with Crippen LogP contribution in [0.4, 0.5) is 5.82 Å². The van der Waals surface area contributed by atoms with E-state index >= 15 is 0 Å². The van der Waals surface area contributed by atoms with Gasteiger partial charge in [0.1, 0.15) is 24.1 Å². The molecule has 0 spiro atoms. The summed E-state index contributed by atoms with van der Waals surface area (Å²) < 4.78 is 10.8. The van der Waals surface area contributed by atoms with Gasteiger partial charge in [-0.2, -0.15) is 0 Å². The predicted octanol–water partition coefficient (Wildman–Crippen LogP) is 0.903. The normalized spacial score (nSPS) is 10.7. The van der Waals surface area contributed by atoms with Crippen LogP contribution in [0.5, 0.6) is 0 Å². The summed E-state index contributed by atoms with van der Waals surface area (Å²) >= 11 is 0. The molecule has 0 aliphatic heterocycles. The first-order valence-electron chi connectivity index (χ1n) is 7.75. The summed E-state index contributed by atoms with van der Waals surface area (Å²) in [6, 6.07) is 5.18. The first-order valence-corrected chi connectivity index (χ1v) is 7.75. The van der Waals surface area contributed by atoms with E-state index in [1.807, 2.05) is 0 Å². The largest absolute Gasteiger partial charge is 0.461 e. The third-order valence-electron chi connectivity index (χ3n) is 3.40. The van der Waals surface area contributed by atoms with Gasteiger partial charge in [-0.05, 0) is 26.0 Å². The molecule has 0 atom stereocenters. The zero-order chi connectivity index (χ0) is 18.7. The molecule has 0 unspecified atom stereocenters. The number of carbonyl (C=O) groups excluding carboxylic acids is 2. The number of ether oxygens (including phenoxy) is 1. The van der Waals surface area contributed by atoms with Gasteiger partial charge >= 0.3 is 5.97 Å². The SMILES string of the molecule is CCOC(=O)c1noc2ncn(CC(=O)Nc3cccc(C)n3)c(=O)c12. The fourth-order valence-electron chi connectivity index (χ4n) is 2.28. The van der Waals surface area contributed by atoms with Gasteiger partial charge in [-0.15, -0.1) is 0 Å². The van der Waals surface area contributed by atoms with Crippen LogP contribution in [0, 0.1) is 6.92 Å². The second-order valence-electron chi connectivity index (χ2n) is 5.32. The Balaban J connectivity index is 1.87. The number of hydrogen-bond acceptors (Lipinski definition) is 8. The van der Waals surface area contributed by atoms with Crippen molar-refractivity contribution < 1.29 is 18.8 Å². The molecule has 10 heteroatoms. The highest BCUT2D eigenvalue weighted by Gasteiger charge is 2.22. The predicted molar refractivity (Wildman–Crippen MR) is 89.6 cm³/mol. The van der Waals surface area contributed by atoms with Gasteiger partial charge < -0.3 is 14.6 Å². The summed E-state index contributed by atoms with van der Waals surface area (Å²) in [6.07, 6.45) is 1.15. The van der Waals surface area contributed by atoms with E-state index in [4.69, 9.17) is 9.26 Å². The maximum absolute atomic E-state index is 12.6. The van der Waals surface area contributed by atoms with E-state index in [0.29, 0.717) is 5.82 Å². The van der Waals surface area contributed by atoms with E-state index in [-0.39, 0.29) is 29.9 Å². The van der Waals surface area contributed by atoms with Crippen molar-refractivity contribution in [3.05, 3.63) is 46.3 Å². The zero-order valence-corrected chi connectivity index (χ0v) is 14.1. The number of amides is 1. The Morgan fingerprint density at radius 1 is 1.35 bits per heavy atom. The molecule has 3 aromatic heterocycles. The summed E-state index contributed by atoms with van der Waals surface area (Å²) in [5, 5.41) is 5.99. The minimum absolute atomic E-state index is 0.102. The monoisotopic (exact) mass is 357 g/mol. The maximum Gasteiger partial charge on any atom is 0.361 e. The van der Waals surface area contributed by atoms with Crippen molar-refractivity contribution in [3.8, 4) is 0 Å².